The fourth-order valence-corrected chi connectivity index (χ4v) is 3.40. The van der Waals surface area contributed by atoms with Gasteiger partial charge in [-0.25, -0.2) is 22.6 Å². The van der Waals surface area contributed by atoms with Gasteiger partial charge in [0.25, 0.3) is 0 Å². The maximum atomic E-state index is 14.9. The van der Waals surface area contributed by atoms with E-state index in [0.29, 0.717) is 4.91 Å². The first-order valence-corrected chi connectivity index (χ1v) is 9.87. The molecule has 0 saturated heterocycles. The Kier molecular flexibility index (Phi) is 6.11. The zero-order chi connectivity index (χ0) is 25.4. The second-order valence-electron chi connectivity index (χ2n) is 7.14. The highest BCUT2D eigenvalue weighted by molar-refractivity contribution is 5.97. The zero-order valence-electron chi connectivity index (χ0n) is 18.8. The highest BCUT2D eigenvalue weighted by Crippen LogP contribution is 2.34. The van der Waals surface area contributed by atoms with Gasteiger partial charge in [-0.1, -0.05) is 0 Å². The van der Waals surface area contributed by atoms with Crippen molar-refractivity contribution in [3.05, 3.63) is 53.0 Å². The van der Waals surface area contributed by atoms with Crippen LogP contribution in [0.4, 0.5) is 13.2 Å². The summed E-state index contributed by atoms with van der Waals surface area (Å²) in [5.41, 5.74) is -1.01. The zero-order valence-corrected chi connectivity index (χ0v) is 18.8. The molecule has 0 atom stereocenters. The minimum atomic E-state index is -1.37. The van der Waals surface area contributed by atoms with Crippen molar-refractivity contribution in [3.63, 3.8) is 0 Å². The monoisotopic (exact) mass is 496 g/mol. The summed E-state index contributed by atoms with van der Waals surface area (Å²) in [7, 11) is 5.45. The van der Waals surface area contributed by atoms with Crippen LogP contribution >= 0.6 is 0 Å². The van der Waals surface area contributed by atoms with Gasteiger partial charge in [-0.05, 0) is 17.0 Å². The Morgan fingerprint density at radius 3 is 2.43 bits per heavy atom. The Morgan fingerprint density at radius 2 is 1.77 bits per heavy atom. The normalized spacial score (nSPS) is 11.1. The van der Waals surface area contributed by atoms with Crippen LogP contribution in [-0.4, -0.2) is 44.7 Å². The molecule has 0 radical (unpaired) electrons. The lowest BCUT2D eigenvalue weighted by molar-refractivity contribution is 0.0317. The maximum absolute atomic E-state index is 14.9. The van der Waals surface area contributed by atoms with Gasteiger partial charge >= 0.3 is 5.97 Å². The molecule has 4 rings (SSSR count). The maximum Gasteiger partial charge on any atom is 0.360 e. The van der Waals surface area contributed by atoms with Crippen LogP contribution in [-0.2, 0) is 20.7 Å². The largest absolute Gasteiger partial charge is 0.496 e. The third kappa shape index (κ3) is 4.13. The molecule has 0 aliphatic carbocycles. The summed E-state index contributed by atoms with van der Waals surface area (Å²) < 4.78 is 72.0. The Bertz CT molecular complexity index is 1480. The highest BCUT2D eigenvalue weighted by atomic mass is 19.2. The molecule has 0 saturated carbocycles. The molecule has 0 spiro atoms. The number of nitrogens with zero attached hydrogens (tertiary/aromatic N) is 4. The molecule has 186 valence electrons. The van der Waals surface area contributed by atoms with Crippen molar-refractivity contribution in [3.8, 4) is 22.9 Å². The molecular formula is C21H19F3N4O7. The Balaban J connectivity index is 1.80. The molecule has 0 fully saturated rings. The number of carboxylic acid groups (broad SMARTS) is 1. The van der Waals surface area contributed by atoms with E-state index >= 15 is 0 Å². The summed E-state index contributed by atoms with van der Waals surface area (Å²) in [5, 5.41) is 13.3. The minimum Gasteiger partial charge on any atom is -0.496 e. The molecule has 0 unspecified atom stereocenters. The van der Waals surface area contributed by atoms with Crippen LogP contribution < -0.4 is 14.2 Å². The number of hydrogen-bond acceptors (Lipinski definition) is 7. The molecule has 2 aromatic carbocycles. The number of aromatic nitrogens is 4. The van der Waals surface area contributed by atoms with Crippen molar-refractivity contribution in [1.29, 1.82) is 0 Å². The molecule has 0 aliphatic heterocycles. The number of carbonyl (C=O) groups is 1. The molecule has 0 bridgehead atoms. The lowest BCUT2D eigenvalue weighted by Gasteiger charge is -2.15. The summed E-state index contributed by atoms with van der Waals surface area (Å²) in [5.74, 6) is -4.64. The van der Waals surface area contributed by atoms with Crippen molar-refractivity contribution in [2.45, 2.75) is 6.61 Å². The van der Waals surface area contributed by atoms with Gasteiger partial charge in [-0.3, -0.25) is 4.63 Å². The van der Waals surface area contributed by atoms with Gasteiger partial charge in [-0.2, -0.15) is 9.84 Å². The van der Waals surface area contributed by atoms with Gasteiger partial charge in [0, 0.05) is 26.2 Å². The van der Waals surface area contributed by atoms with Gasteiger partial charge < -0.3 is 23.8 Å². The van der Waals surface area contributed by atoms with Gasteiger partial charge in [0.05, 0.1) is 19.8 Å². The second kappa shape index (κ2) is 9.04. The molecule has 35 heavy (non-hydrogen) atoms. The first kappa shape index (κ1) is 23.7. The third-order valence-corrected chi connectivity index (χ3v) is 5.02. The number of ether oxygens (including phenoxy) is 3. The average Bonchev–Trinajstić information content (AvgIpc) is 3.17. The van der Waals surface area contributed by atoms with E-state index in [0.717, 1.165) is 22.9 Å². The van der Waals surface area contributed by atoms with E-state index in [2.05, 4.69) is 5.10 Å². The second-order valence-corrected chi connectivity index (χ2v) is 7.14. The van der Waals surface area contributed by atoms with E-state index in [-0.39, 0.29) is 39.7 Å². The number of hydrogen-bond donors (Lipinski definition) is 1. The predicted octanol–water partition coefficient (Wildman–Crippen LogP) is 3.72. The number of carboxylic acids is 1. The van der Waals surface area contributed by atoms with Crippen LogP contribution in [0.25, 0.3) is 16.9 Å². The smallest absolute Gasteiger partial charge is 0.360 e. The van der Waals surface area contributed by atoms with Crippen molar-refractivity contribution in [1.82, 2.24) is 19.4 Å². The molecule has 0 aliphatic rings. The number of aromatic carboxylic acids is 1. The van der Waals surface area contributed by atoms with Crippen LogP contribution in [0.15, 0.2) is 33.4 Å². The summed E-state index contributed by atoms with van der Waals surface area (Å²) in [4.78, 5) is 12.2. The van der Waals surface area contributed by atoms with E-state index in [1.165, 1.54) is 39.1 Å². The van der Waals surface area contributed by atoms with Gasteiger partial charge in [-0.15, -0.1) is 0 Å². The van der Waals surface area contributed by atoms with Crippen LogP contribution in [0, 0.1) is 17.5 Å². The van der Waals surface area contributed by atoms with E-state index in [9.17, 15) is 23.1 Å². The molecule has 1 N–H and O–H groups in total. The number of aryl methyl sites for hydroxylation is 2. The Morgan fingerprint density at radius 1 is 1.06 bits per heavy atom. The molecule has 0 amide bonds. The highest BCUT2D eigenvalue weighted by Gasteiger charge is 2.24. The van der Waals surface area contributed by atoms with E-state index < -0.39 is 35.7 Å². The fourth-order valence-electron chi connectivity index (χ4n) is 3.40. The van der Waals surface area contributed by atoms with Gasteiger partial charge in [0.1, 0.15) is 12.4 Å². The van der Waals surface area contributed by atoms with Gasteiger partial charge in [0.2, 0.25) is 16.9 Å². The number of halogens is 3. The van der Waals surface area contributed by atoms with E-state index in [1.54, 1.807) is 0 Å². The lowest BCUT2D eigenvalue weighted by Crippen LogP contribution is -2.09. The lowest BCUT2D eigenvalue weighted by atomic mass is 10.2. The summed E-state index contributed by atoms with van der Waals surface area (Å²) in [6.07, 6.45) is 0. The van der Waals surface area contributed by atoms with Crippen molar-refractivity contribution >= 4 is 17.2 Å². The number of methoxy groups -OCH3 is 2. The standard InChI is InChI=1S/C21H19F3N4O7/c1-26-20-19(18(25-26)21(29)30)34-28(35-27(20)2)13-8-16(15(32-4)7-12(13)23)33-9-10-14(31-3)6-5-11(22)17(10)24/h5-8H,9H2,1-4H3,(H,29,30). The number of fused-ring (bicyclic) bond motifs is 1. The van der Waals surface area contributed by atoms with Crippen molar-refractivity contribution in [2.75, 3.05) is 14.2 Å². The van der Waals surface area contributed by atoms with Crippen LogP contribution in [0.5, 0.6) is 17.2 Å². The van der Waals surface area contributed by atoms with Crippen LogP contribution in [0.3, 0.4) is 0 Å². The SMILES string of the molecule is COc1cc(F)c(-n2oc3c(C(=O)O)nn(C)c3n(C)o2)cc1OCc1c(OC)ccc(F)c1F. The van der Waals surface area contributed by atoms with E-state index in [1.807, 2.05) is 0 Å². The fraction of sp³-hybridized carbons (Fsp3) is 0.238. The molecule has 14 heteroatoms. The summed E-state index contributed by atoms with van der Waals surface area (Å²) in [6.45, 7) is -0.494. The molecule has 4 aromatic rings. The summed E-state index contributed by atoms with van der Waals surface area (Å²) >= 11 is 0. The molecule has 2 aromatic heterocycles. The molecule has 2 heterocycles. The van der Waals surface area contributed by atoms with Crippen molar-refractivity contribution in [2.24, 2.45) is 14.1 Å². The first-order chi connectivity index (χ1) is 16.7. The topological polar surface area (TPSA) is 119 Å². The van der Waals surface area contributed by atoms with Crippen LogP contribution in [0.2, 0.25) is 0 Å². The predicted molar refractivity (Wildman–Crippen MR) is 112 cm³/mol. The quantitative estimate of drug-likeness (QED) is 0.411. The molecule has 11 nitrogen and oxygen atoms in total. The Labute approximate surface area is 194 Å². The van der Waals surface area contributed by atoms with Crippen molar-refractivity contribution < 1.29 is 46.4 Å². The third-order valence-electron chi connectivity index (χ3n) is 5.02. The van der Waals surface area contributed by atoms with E-state index in [4.69, 9.17) is 23.4 Å². The number of rotatable bonds is 7. The minimum absolute atomic E-state index is 0.0415. The first-order valence-electron chi connectivity index (χ1n) is 9.87. The van der Waals surface area contributed by atoms with Gasteiger partial charge in [0.15, 0.2) is 34.6 Å². The Hall–Kier alpha value is -4.49. The average molecular weight is 496 g/mol. The number of benzene rings is 2. The van der Waals surface area contributed by atoms with Crippen LogP contribution in [0.1, 0.15) is 16.1 Å². The summed E-state index contributed by atoms with van der Waals surface area (Å²) in [6, 6.07) is 4.22. The molecular weight excluding hydrogens is 477 g/mol.